The second kappa shape index (κ2) is 52.3. The number of unbranched alkanes of at least 4 members (excludes halogenated alkanes) is 27. The third kappa shape index (κ3) is 56.7. The number of allylic oxidation sites excluding steroid dienone is 12. The van der Waals surface area contributed by atoms with Gasteiger partial charge in [0.1, 0.15) is 19.3 Å². The molecule has 0 rings (SSSR count). The highest BCUT2D eigenvalue weighted by atomic mass is 31.2. The van der Waals surface area contributed by atoms with Crippen molar-refractivity contribution in [1.29, 1.82) is 0 Å². The number of carbonyl (C=O) groups is 1. The van der Waals surface area contributed by atoms with Crippen molar-refractivity contribution in [2.45, 2.75) is 251 Å². The van der Waals surface area contributed by atoms with Gasteiger partial charge in [-0.05, 0) is 89.9 Å². The molecule has 0 saturated heterocycles. The summed E-state index contributed by atoms with van der Waals surface area (Å²) in [7, 11) is 1.34. The van der Waals surface area contributed by atoms with Crippen molar-refractivity contribution in [2.75, 3.05) is 54.1 Å². The minimum atomic E-state index is -4.54. The van der Waals surface area contributed by atoms with Crippen molar-refractivity contribution in [2.24, 2.45) is 0 Å². The summed E-state index contributed by atoms with van der Waals surface area (Å²) in [4.78, 5) is 25.3. The standard InChI is InChI=1S/C60H110NO7P/c1-6-8-10-12-14-16-18-20-22-24-26-28-30-31-32-33-35-37-39-41-43-45-47-49-51-53-60(62)68-59(58-67-69(63,64)66-56-54-61(3,4)5)57-65-55-52-50-48-46-44-42-40-38-36-34-29-27-25-23-21-19-17-15-13-11-9-7-2/h18-21,24-27,30-31,34,36,59H,6-17,22-23,28-29,32-33,35,37-58H2,1-5H3/b20-18-,21-19-,26-24-,27-25-,31-30-,36-34-. The SMILES string of the molecule is CCCCCCC/C=C\C/C=C\C/C=C\CCCCCCCCCCCCC(=O)OC(COCCCCCCCCC/C=C\C/C=C\C/C=C\CCCCCCC)COP(=O)([O-])OCC[N+](C)(C)C. The number of rotatable bonds is 53. The van der Waals surface area contributed by atoms with Crippen LogP contribution in [0.1, 0.15) is 245 Å². The summed E-state index contributed by atoms with van der Waals surface area (Å²) in [5, 5.41) is 0. The largest absolute Gasteiger partial charge is 0.756 e. The highest BCUT2D eigenvalue weighted by Gasteiger charge is 2.20. The Kier molecular flexibility index (Phi) is 50.7. The Morgan fingerprint density at radius 1 is 0.449 bits per heavy atom. The topological polar surface area (TPSA) is 94.1 Å². The number of carbonyl (C=O) groups excluding carboxylic acids is 1. The van der Waals surface area contributed by atoms with Gasteiger partial charge in [0.05, 0.1) is 34.4 Å². The molecule has 2 atom stereocenters. The van der Waals surface area contributed by atoms with Gasteiger partial charge in [0.2, 0.25) is 0 Å². The van der Waals surface area contributed by atoms with Crippen LogP contribution in [0.5, 0.6) is 0 Å². The lowest BCUT2D eigenvalue weighted by molar-refractivity contribution is -0.870. The Bertz CT molecular complexity index is 1330. The lowest BCUT2D eigenvalue weighted by atomic mass is 10.0. The van der Waals surface area contributed by atoms with E-state index in [-0.39, 0.29) is 25.8 Å². The number of likely N-dealkylation sites (N-methyl/N-ethyl adjacent to an activating group) is 1. The van der Waals surface area contributed by atoms with Crippen LogP contribution >= 0.6 is 7.82 Å². The summed E-state index contributed by atoms with van der Waals surface area (Å²) in [5.74, 6) is -0.342. The Hall–Kier alpha value is -2.06. The lowest BCUT2D eigenvalue weighted by Gasteiger charge is -2.28. The predicted octanol–water partition coefficient (Wildman–Crippen LogP) is 17.5. The molecule has 0 aliphatic rings. The Balaban J connectivity index is 4.13. The summed E-state index contributed by atoms with van der Waals surface area (Å²) in [6.45, 7) is 5.38. The zero-order valence-corrected chi connectivity index (χ0v) is 46.6. The van der Waals surface area contributed by atoms with Crippen molar-refractivity contribution in [3.63, 3.8) is 0 Å². The normalized spacial score (nSPS) is 14.0. The fourth-order valence-corrected chi connectivity index (χ4v) is 8.53. The van der Waals surface area contributed by atoms with Gasteiger partial charge in [-0.25, -0.2) is 0 Å². The maximum atomic E-state index is 12.8. The van der Waals surface area contributed by atoms with Gasteiger partial charge in [0, 0.05) is 13.0 Å². The molecular weight excluding hydrogens is 878 g/mol. The van der Waals surface area contributed by atoms with Crippen molar-refractivity contribution < 1.29 is 37.3 Å². The molecule has 0 aliphatic carbocycles. The molecule has 0 radical (unpaired) electrons. The van der Waals surface area contributed by atoms with Crippen LogP contribution in [0.4, 0.5) is 0 Å². The van der Waals surface area contributed by atoms with Crippen LogP contribution in [0.25, 0.3) is 0 Å². The summed E-state index contributed by atoms with van der Waals surface area (Å²) >= 11 is 0. The molecule has 8 nitrogen and oxygen atoms in total. The molecule has 0 bridgehead atoms. The van der Waals surface area contributed by atoms with Crippen LogP contribution in [-0.4, -0.2) is 70.7 Å². The van der Waals surface area contributed by atoms with E-state index in [1.165, 1.54) is 154 Å². The molecule has 2 unspecified atom stereocenters. The molecule has 0 aliphatic heterocycles. The van der Waals surface area contributed by atoms with E-state index in [0.29, 0.717) is 24.1 Å². The molecule has 9 heteroatoms. The summed E-state index contributed by atoms with van der Waals surface area (Å²) in [6, 6.07) is 0. The summed E-state index contributed by atoms with van der Waals surface area (Å²) < 4.78 is 34.8. The summed E-state index contributed by atoms with van der Waals surface area (Å²) in [6.07, 6.45) is 69.3. The average molecular weight is 989 g/mol. The van der Waals surface area contributed by atoms with Crippen molar-refractivity contribution in [1.82, 2.24) is 0 Å². The van der Waals surface area contributed by atoms with E-state index in [1.807, 2.05) is 21.1 Å². The Morgan fingerprint density at radius 3 is 1.19 bits per heavy atom. The van der Waals surface area contributed by atoms with Gasteiger partial charge in [0.25, 0.3) is 7.82 Å². The second-order valence-electron chi connectivity index (χ2n) is 20.3. The van der Waals surface area contributed by atoms with Crippen LogP contribution in [0.3, 0.4) is 0 Å². The molecule has 0 fully saturated rings. The fraction of sp³-hybridized carbons (Fsp3) is 0.783. The van der Waals surface area contributed by atoms with Gasteiger partial charge < -0.3 is 27.9 Å². The van der Waals surface area contributed by atoms with Crippen molar-refractivity contribution in [3.05, 3.63) is 72.9 Å². The zero-order valence-electron chi connectivity index (χ0n) is 45.7. The van der Waals surface area contributed by atoms with E-state index in [1.54, 1.807) is 0 Å². The molecule has 0 aromatic carbocycles. The first-order valence-corrected chi connectivity index (χ1v) is 30.1. The highest BCUT2D eigenvalue weighted by molar-refractivity contribution is 7.45. The first-order chi connectivity index (χ1) is 33.6. The van der Waals surface area contributed by atoms with Gasteiger partial charge in [-0.2, -0.15) is 0 Å². The van der Waals surface area contributed by atoms with E-state index < -0.39 is 13.9 Å². The van der Waals surface area contributed by atoms with Crippen LogP contribution < -0.4 is 4.89 Å². The molecule has 0 aromatic rings. The van der Waals surface area contributed by atoms with E-state index in [4.69, 9.17) is 18.5 Å². The van der Waals surface area contributed by atoms with Crippen LogP contribution in [0.2, 0.25) is 0 Å². The number of hydrogen-bond donors (Lipinski definition) is 0. The molecular formula is C60H110NO7P. The Morgan fingerprint density at radius 2 is 0.797 bits per heavy atom. The number of esters is 1. The second-order valence-corrected chi connectivity index (χ2v) is 21.7. The maximum Gasteiger partial charge on any atom is 0.306 e. The molecule has 0 saturated carbocycles. The monoisotopic (exact) mass is 988 g/mol. The first-order valence-electron chi connectivity index (χ1n) is 28.7. The van der Waals surface area contributed by atoms with Crippen LogP contribution in [0, 0.1) is 0 Å². The van der Waals surface area contributed by atoms with Gasteiger partial charge in [-0.1, -0.05) is 222 Å². The van der Waals surface area contributed by atoms with Crippen LogP contribution in [-0.2, 0) is 27.9 Å². The lowest BCUT2D eigenvalue weighted by Crippen LogP contribution is -2.37. The molecule has 69 heavy (non-hydrogen) atoms. The zero-order chi connectivity index (χ0) is 50.5. The molecule has 402 valence electrons. The van der Waals surface area contributed by atoms with Gasteiger partial charge >= 0.3 is 5.97 Å². The van der Waals surface area contributed by atoms with Crippen LogP contribution in [0.15, 0.2) is 72.9 Å². The number of phosphoric acid groups is 1. The van der Waals surface area contributed by atoms with Gasteiger partial charge in [0.15, 0.2) is 0 Å². The molecule has 0 aromatic heterocycles. The first kappa shape index (κ1) is 66.9. The van der Waals surface area contributed by atoms with Crippen molar-refractivity contribution in [3.8, 4) is 0 Å². The fourth-order valence-electron chi connectivity index (χ4n) is 7.80. The minimum absolute atomic E-state index is 0.0202. The maximum absolute atomic E-state index is 12.8. The number of hydrogen-bond acceptors (Lipinski definition) is 7. The molecule has 0 heterocycles. The molecule has 0 amide bonds. The number of phosphoric ester groups is 1. The van der Waals surface area contributed by atoms with E-state index >= 15 is 0 Å². The average Bonchev–Trinajstić information content (AvgIpc) is 3.31. The van der Waals surface area contributed by atoms with Crippen molar-refractivity contribution >= 4 is 13.8 Å². The summed E-state index contributed by atoms with van der Waals surface area (Å²) in [5.41, 5.74) is 0. The number of nitrogens with zero attached hydrogens (tertiary/aromatic N) is 1. The van der Waals surface area contributed by atoms with E-state index in [9.17, 15) is 14.3 Å². The van der Waals surface area contributed by atoms with E-state index in [0.717, 1.165) is 70.6 Å². The number of ether oxygens (including phenoxy) is 2. The Labute approximate surface area is 427 Å². The quantitative estimate of drug-likeness (QED) is 0.0197. The van der Waals surface area contributed by atoms with E-state index in [2.05, 4.69) is 86.8 Å². The smallest absolute Gasteiger partial charge is 0.306 e. The number of quaternary nitrogens is 1. The third-order valence-corrected chi connectivity index (χ3v) is 13.2. The van der Waals surface area contributed by atoms with Gasteiger partial charge in [-0.15, -0.1) is 0 Å². The highest BCUT2D eigenvalue weighted by Crippen LogP contribution is 2.38. The van der Waals surface area contributed by atoms with Gasteiger partial charge in [-0.3, -0.25) is 9.36 Å². The molecule has 0 N–H and O–H groups in total. The third-order valence-electron chi connectivity index (χ3n) is 12.2. The molecule has 0 spiro atoms. The predicted molar refractivity (Wildman–Crippen MR) is 296 cm³/mol. The minimum Gasteiger partial charge on any atom is -0.756 e.